The number of esters is 2. The first-order valence-electron chi connectivity index (χ1n) is 19.5. The molecule has 48 heavy (non-hydrogen) atoms. The number of rotatable bonds is 34. The highest BCUT2D eigenvalue weighted by molar-refractivity contribution is 5.70. The van der Waals surface area contributed by atoms with Crippen LogP contribution in [0.1, 0.15) is 168 Å². The maximum absolute atomic E-state index is 12.2. The fraction of sp³-hybridized carbons (Fsp3) is 0.674. The number of hydrogen-bond acceptors (Lipinski definition) is 5. The average Bonchev–Trinajstić information content (AvgIpc) is 3.09. The minimum atomic E-state index is -0.797. The van der Waals surface area contributed by atoms with Crippen molar-refractivity contribution < 1.29 is 24.2 Å². The Morgan fingerprint density at radius 1 is 0.479 bits per heavy atom. The lowest BCUT2D eigenvalue weighted by atomic mass is 10.1. The van der Waals surface area contributed by atoms with Crippen molar-refractivity contribution in [3.8, 4) is 0 Å². The lowest BCUT2D eigenvalue weighted by molar-refractivity contribution is -0.161. The quantitative estimate of drug-likeness (QED) is 0.0420. The summed E-state index contributed by atoms with van der Waals surface area (Å²) in [5, 5.41) is 9.54. The first-order valence-corrected chi connectivity index (χ1v) is 19.5. The van der Waals surface area contributed by atoms with Crippen molar-refractivity contribution in [2.24, 2.45) is 0 Å². The summed E-state index contributed by atoms with van der Waals surface area (Å²) in [5.41, 5.74) is 0. The molecule has 0 aliphatic carbocycles. The molecule has 0 aromatic carbocycles. The van der Waals surface area contributed by atoms with Gasteiger partial charge in [-0.15, -0.1) is 0 Å². The zero-order valence-corrected chi connectivity index (χ0v) is 31.0. The molecule has 274 valence electrons. The molecule has 1 N–H and O–H groups in total. The van der Waals surface area contributed by atoms with Crippen LogP contribution in [-0.4, -0.2) is 36.4 Å². The highest BCUT2D eigenvalue weighted by Gasteiger charge is 2.16. The zero-order chi connectivity index (χ0) is 35.0. The number of allylic oxidation sites excluding steroid dienone is 12. The summed E-state index contributed by atoms with van der Waals surface area (Å²) in [6.07, 6.45) is 51.0. The first kappa shape index (κ1) is 45.3. The predicted octanol–water partition coefficient (Wildman–Crippen LogP) is 12.2. The Kier molecular flexibility index (Phi) is 36.6. The van der Waals surface area contributed by atoms with Crippen molar-refractivity contribution in [3.63, 3.8) is 0 Å². The molecular formula is C43H72O5. The van der Waals surface area contributed by atoms with Gasteiger partial charge in [-0.25, -0.2) is 0 Å². The summed E-state index contributed by atoms with van der Waals surface area (Å²) in [5.74, 6) is -0.649. The monoisotopic (exact) mass is 669 g/mol. The van der Waals surface area contributed by atoms with E-state index in [9.17, 15) is 14.7 Å². The number of ether oxygens (including phenoxy) is 2. The lowest BCUT2D eigenvalue weighted by Crippen LogP contribution is -2.28. The maximum atomic E-state index is 12.2. The van der Waals surface area contributed by atoms with Gasteiger partial charge in [-0.05, 0) is 89.9 Å². The maximum Gasteiger partial charge on any atom is 0.306 e. The molecular weight excluding hydrogens is 596 g/mol. The molecule has 0 amide bonds. The van der Waals surface area contributed by atoms with E-state index >= 15 is 0 Å². The Labute approximate surface area is 295 Å². The van der Waals surface area contributed by atoms with Crippen molar-refractivity contribution in [2.45, 2.75) is 174 Å². The summed E-state index contributed by atoms with van der Waals surface area (Å²) in [6, 6.07) is 0. The van der Waals surface area contributed by atoms with Gasteiger partial charge in [0.15, 0.2) is 6.10 Å². The second-order valence-corrected chi connectivity index (χ2v) is 12.6. The Morgan fingerprint density at radius 2 is 0.833 bits per heavy atom. The largest absolute Gasteiger partial charge is 0.462 e. The molecule has 0 bridgehead atoms. The highest BCUT2D eigenvalue weighted by atomic mass is 16.6. The van der Waals surface area contributed by atoms with Crippen LogP contribution in [0.4, 0.5) is 0 Å². The average molecular weight is 669 g/mol. The number of hydrogen-bond donors (Lipinski definition) is 1. The van der Waals surface area contributed by atoms with Crippen LogP contribution < -0.4 is 0 Å². The van der Waals surface area contributed by atoms with Crippen LogP contribution in [0.2, 0.25) is 0 Å². The van der Waals surface area contributed by atoms with Crippen LogP contribution in [0.5, 0.6) is 0 Å². The molecule has 0 rings (SSSR count). The van der Waals surface area contributed by atoms with Crippen LogP contribution in [0.25, 0.3) is 0 Å². The van der Waals surface area contributed by atoms with Crippen LogP contribution in [0.3, 0.4) is 0 Å². The lowest BCUT2D eigenvalue weighted by Gasteiger charge is -2.15. The van der Waals surface area contributed by atoms with Crippen molar-refractivity contribution in [1.82, 2.24) is 0 Å². The zero-order valence-electron chi connectivity index (χ0n) is 31.0. The van der Waals surface area contributed by atoms with E-state index in [4.69, 9.17) is 9.47 Å². The Morgan fingerprint density at radius 3 is 1.27 bits per heavy atom. The highest BCUT2D eigenvalue weighted by Crippen LogP contribution is 2.10. The molecule has 0 saturated heterocycles. The fourth-order valence-corrected chi connectivity index (χ4v) is 4.98. The van der Waals surface area contributed by atoms with E-state index in [1.165, 1.54) is 64.2 Å². The fourth-order valence-electron chi connectivity index (χ4n) is 4.98. The van der Waals surface area contributed by atoms with Crippen molar-refractivity contribution in [3.05, 3.63) is 72.9 Å². The summed E-state index contributed by atoms with van der Waals surface area (Å²) in [6.45, 7) is 4.03. The smallest absolute Gasteiger partial charge is 0.306 e. The van der Waals surface area contributed by atoms with Crippen LogP contribution in [0.15, 0.2) is 72.9 Å². The minimum Gasteiger partial charge on any atom is -0.462 e. The normalized spacial score (nSPS) is 13.0. The second-order valence-electron chi connectivity index (χ2n) is 12.6. The Bertz CT molecular complexity index is 895. The number of aliphatic hydroxyl groups excluding tert-OH is 1. The van der Waals surface area contributed by atoms with Gasteiger partial charge in [0.1, 0.15) is 6.61 Å². The van der Waals surface area contributed by atoms with Gasteiger partial charge in [-0.1, -0.05) is 138 Å². The molecule has 0 fully saturated rings. The molecule has 0 aliphatic rings. The number of carbonyl (C=O) groups is 2. The summed E-state index contributed by atoms with van der Waals surface area (Å²) < 4.78 is 10.6. The molecule has 1 atom stereocenters. The van der Waals surface area contributed by atoms with E-state index in [2.05, 4.69) is 86.8 Å². The Balaban J connectivity index is 3.69. The second kappa shape index (κ2) is 38.8. The number of unbranched alkanes of at least 4 members (excludes halogenated alkanes) is 14. The molecule has 1 unspecified atom stereocenters. The van der Waals surface area contributed by atoms with Gasteiger partial charge in [0, 0.05) is 12.8 Å². The van der Waals surface area contributed by atoms with Gasteiger partial charge in [-0.2, -0.15) is 0 Å². The van der Waals surface area contributed by atoms with E-state index in [0.29, 0.717) is 12.8 Å². The SMILES string of the molecule is CCCCCC=CCC=CCC=CCC=CCCCCCC(=O)OC(CO)COC(=O)CCCCCCCC=CCC=CCCCCC. The predicted molar refractivity (Wildman–Crippen MR) is 205 cm³/mol. The van der Waals surface area contributed by atoms with Crippen LogP contribution in [0, 0.1) is 0 Å². The first-order chi connectivity index (χ1) is 23.6. The standard InChI is InChI=1S/C43H72O5/c1-3-5-7-9-11-13-15-17-19-20-21-22-24-26-28-30-32-34-36-38-43(46)48-41(39-44)40-47-42(45)37-35-33-31-29-27-25-23-18-16-14-12-10-8-6-4-2/h11-14,17-19,21-23,26,28,41,44H,3-10,15-16,20,24-25,27,29-40H2,1-2H3. The van der Waals surface area contributed by atoms with Gasteiger partial charge in [-0.3, -0.25) is 9.59 Å². The van der Waals surface area contributed by atoms with Crippen molar-refractivity contribution >= 4 is 11.9 Å². The topological polar surface area (TPSA) is 72.8 Å². The molecule has 0 radical (unpaired) electrons. The molecule has 0 heterocycles. The van der Waals surface area contributed by atoms with Gasteiger partial charge in [0.2, 0.25) is 0 Å². The third-order valence-electron chi connectivity index (χ3n) is 7.97. The van der Waals surface area contributed by atoms with E-state index in [1.54, 1.807) is 0 Å². The number of aliphatic hydroxyl groups is 1. The molecule has 0 spiro atoms. The molecule has 0 saturated carbocycles. The molecule has 5 heteroatoms. The minimum absolute atomic E-state index is 0.0899. The number of carbonyl (C=O) groups excluding carboxylic acids is 2. The van der Waals surface area contributed by atoms with Crippen LogP contribution in [-0.2, 0) is 19.1 Å². The molecule has 0 aromatic heterocycles. The summed E-state index contributed by atoms with van der Waals surface area (Å²) in [7, 11) is 0. The third-order valence-corrected chi connectivity index (χ3v) is 7.97. The van der Waals surface area contributed by atoms with Crippen LogP contribution >= 0.6 is 0 Å². The van der Waals surface area contributed by atoms with Gasteiger partial charge in [0.05, 0.1) is 6.61 Å². The molecule has 0 aromatic rings. The summed E-state index contributed by atoms with van der Waals surface area (Å²) >= 11 is 0. The van der Waals surface area contributed by atoms with E-state index in [1.807, 2.05) is 0 Å². The van der Waals surface area contributed by atoms with Gasteiger partial charge in [0.25, 0.3) is 0 Å². The van der Waals surface area contributed by atoms with E-state index < -0.39 is 6.10 Å². The molecule has 0 aliphatic heterocycles. The van der Waals surface area contributed by atoms with E-state index in [-0.39, 0.29) is 25.2 Å². The van der Waals surface area contributed by atoms with Crippen molar-refractivity contribution in [1.29, 1.82) is 0 Å². The summed E-state index contributed by atoms with van der Waals surface area (Å²) in [4.78, 5) is 24.2. The van der Waals surface area contributed by atoms with E-state index in [0.717, 1.165) is 77.0 Å². The van der Waals surface area contributed by atoms with Crippen molar-refractivity contribution in [2.75, 3.05) is 13.2 Å². The molecule has 5 nitrogen and oxygen atoms in total. The van der Waals surface area contributed by atoms with Gasteiger partial charge < -0.3 is 14.6 Å². The third kappa shape index (κ3) is 36.2. The Hall–Kier alpha value is -2.66. The van der Waals surface area contributed by atoms with Gasteiger partial charge >= 0.3 is 11.9 Å².